The lowest BCUT2D eigenvalue weighted by Crippen LogP contribution is -2.37. The largest absolute Gasteiger partial charge is 0.497 e. The van der Waals surface area contributed by atoms with Crippen LogP contribution in [0.5, 0.6) is 5.75 Å². The van der Waals surface area contributed by atoms with Crippen LogP contribution in [0.4, 0.5) is 0 Å². The van der Waals surface area contributed by atoms with Crippen molar-refractivity contribution in [2.45, 2.75) is 12.6 Å². The van der Waals surface area contributed by atoms with Crippen LogP contribution < -0.4 is 15.6 Å². The number of methoxy groups -OCH3 is 1. The second-order valence-corrected chi connectivity index (χ2v) is 9.35. The molecule has 0 spiro atoms. The van der Waals surface area contributed by atoms with Crippen molar-refractivity contribution < 1.29 is 9.53 Å². The van der Waals surface area contributed by atoms with Crippen molar-refractivity contribution >= 4 is 38.8 Å². The van der Waals surface area contributed by atoms with Gasteiger partial charge in [0.05, 0.1) is 24.9 Å². The van der Waals surface area contributed by atoms with Crippen molar-refractivity contribution in [3.8, 4) is 16.2 Å². The lowest BCUT2D eigenvalue weighted by molar-refractivity contribution is -0.121. The van der Waals surface area contributed by atoms with Gasteiger partial charge in [0.2, 0.25) is 5.91 Å². The number of likely N-dealkylation sites (N-methyl/N-ethyl adjacent to an activating group) is 1. The van der Waals surface area contributed by atoms with Gasteiger partial charge < -0.3 is 15.0 Å². The molecule has 4 aromatic rings. The molecule has 0 saturated carbocycles. The molecule has 1 aromatic carbocycles. The molecule has 0 fully saturated rings. The standard InChI is InChI=1S/C23H24N4O3S2/c1-26(2)18(15-6-8-16(30-3)9-7-15)11-24-20(28)12-27-14-25-22-21(23(27)29)17(13-32-22)19-5-4-10-31-19/h4-10,13-14,18H,11-12H2,1-3H3,(H,24,28). The van der Waals surface area contributed by atoms with Crippen LogP contribution in [-0.4, -0.2) is 48.1 Å². The highest BCUT2D eigenvalue weighted by Gasteiger charge is 2.18. The first kappa shape index (κ1) is 22.2. The maximum atomic E-state index is 13.1. The summed E-state index contributed by atoms with van der Waals surface area (Å²) in [5, 5.41) is 7.45. The van der Waals surface area contributed by atoms with Gasteiger partial charge in [-0.15, -0.1) is 22.7 Å². The molecule has 0 saturated heterocycles. The Morgan fingerprint density at radius 2 is 2.00 bits per heavy atom. The molecule has 0 bridgehead atoms. The van der Waals surface area contributed by atoms with Gasteiger partial charge in [-0.25, -0.2) is 4.98 Å². The highest BCUT2D eigenvalue weighted by Crippen LogP contribution is 2.33. The quantitative estimate of drug-likeness (QED) is 0.428. The molecule has 1 N–H and O–H groups in total. The monoisotopic (exact) mass is 468 g/mol. The van der Waals surface area contributed by atoms with E-state index >= 15 is 0 Å². The zero-order valence-electron chi connectivity index (χ0n) is 18.1. The molecule has 1 unspecified atom stereocenters. The van der Waals surface area contributed by atoms with Crippen LogP contribution in [0, 0.1) is 0 Å². The molecule has 32 heavy (non-hydrogen) atoms. The third-order valence-corrected chi connectivity index (χ3v) is 7.07. The molecule has 7 nitrogen and oxygen atoms in total. The van der Waals surface area contributed by atoms with Gasteiger partial charge >= 0.3 is 0 Å². The number of aromatic nitrogens is 2. The topological polar surface area (TPSA) is 76.5 Å². The summed E-state index contributed by atoms with van der Waals surface area (Å²) >= 11 is 3.02. The van der Waals surface area contributed by atoms with E-state index < -0.39 is 0 Å². The zero-order valence-corrected chi connectivity index (χ0v) is 19.7. The van der Waals surface area contributed by atoms with E-state index in [0.29, 0.717) is 16.8 Å². The van der Waals surface area contributed by atoms with E-state index in [0.717, 1.165) is 21.8 Å². The Morgan fingerprint density at radius 1 is 1.22 bits per heavy atom. The van der Waals surface area contributed by atoms with E-state index in [1.807, 2.05) is 66.2 Å². The predicted octanol–water partition coefficient (Wildman–Crippen LogP) is 3.61. The minimum atomic E-state index is -0.235. The summed E-state index contributed by atoms with van der Waals surface area (Å²) in [6.07, 6.45) is 1.45. The summed E-state index contributed by atoms with van der Waals surface area (Å²) in [6.45, 7) is 0.339. The fraction of sp³-hybridized carbons (Fsp3) is 0.261. The maximum absolute atomic E-state index is 13.1. The molecule has 0 aliphatic carbocycles. The molecule has 0 radical (unpaired) electrons. The van der Waals surface area contributed by atoms with Crippen molar-refractivity contribution in [2.75, 3.05) is 27.7 Å². The van der Waals surface area contributed by atoms with Gasteiger partial charge in [0, 0.05) is 22.4 Å². The number of nitrogens with zero attached hydrogens (tertiary/aromatic N) is 3. The number of fused-ring (bicyclic) bond motifs is 1. The minimum Gasteiger partial charge on any atom is -0.497 e. The van der Waals surface area contributed by atoms with Crippen molar-refractivity contribution in [2.24, 2.45) is 0 Å². The molecule has 3 heterocycles. The van der Waals surface area contributed by atoms with Crippen LogP contribution in [0.3, 0.4) is 0 Å². The molecule has 0 aliphatic rings. The summed E-state index contributed by atoms with van der Waals surface area (Å²) in [7, 11) is 5.56. The average molecular weight is 469 g/mol. The highest BCUT2D eigenvalue weighted by atomic mass is 32.1. The number of amides is 1. The molecular formula is C23H24N4O3S2. The Balaban J connectivity index is 1.49. The first-order chi connectivity index (χ1) is 15.5. The lowest BCUT2D eigenvalue weighted by atomic mass is 10.1. The van der Waals surface area contributed by atoms with Gasteiger partial charge in [0.25, 0.3) is 5.56 Å². The number of ether oxygens (including phenoxy) is 1. The summed E-state index contributed by atoms with van der Waals surface area (Å²) in [6, 6.07) is 11.7. The van der Waals surface area contributed by atoms with E-state index in [-0.39, 0.29) is 24.1 Å². The van der Waals surface area contributed by atoms with Crippen LogP contribution in [-0.2, 0) is 11.3 Å². The van der Waals surface area contributed by atoms with Gasteiger partial charge in [-0.1, -0.05) is 18.2 Å². The molecule has 1 amide bonds. The summed E-state index contributed by atoms with van der Waals surface area (Å²) in [5.41, 5.74) is 1.74. The Morgan fingerprint density at radius 3 is 2.66 bits per heavy atom. The Bertz CT molecular complexity index is 1260. The molecule has 1 atom stereocenters. The first-order valence-corrected chi connectivity index (χ1v) is 11.8. The van der Waals surface area contributed by atoms with Crippen molar-refractivity contribution in [1.29, 1.82) is 0 Å². The van der Waals surface area contributed by atoms with Gasteiger partial charge in [-0.3, -0.25) is 14.2 Å². The predicted molar refractivity (Wildman–Crippen MR) is 130 cm³/mol. The second kappa shape index (κ2) is 9.64. The number of benzene rings is 1. The van der Waals surface area contributed by atoms with Gasteiger partial charge in [-0.05, 0) is 43.2 Å². The molecular weight excluding hydrogens is 444 g/mol. The Hall–Kier alpha value is -3.01. The van der Waals surface area contributed by atoms with Crippen LogP contribution in [0.25, 0.3) is 20.7 Å². The number of hydrogen-bond donors (Lipinski definition) is 1. The van der Waals surface area contributed by atoms with E-state index in [2.05, 4.69) is 10.3 Å². The van der Waals surface area contributed by atoms with Crippen LogP contribution in [0.2, 0.25) is 0 Å². The van der Waals surface area contributed by atoms with Crippen LogP contribution in [0.1, 0.15) is 11.6 Å². The van der Waals surface area contributed by atoms with E-state index in [1.165, 1.54) is 22.2 Å². The molecule has 166 valence electrons. The van der Waals surface area contributed by atoms with Crippen LogP contribution in [0.15, 0.2) is 58.3 Å². The molecule has 3 aromatic heterocycles. The lowest BCUT2D eigenvalue weighted by Gasteiger charge is -2.25. The van der Waals surface area contributed by atoms with Crippen molar-refractivity contribution in [1.82, 2.24) is 19.8 Å². The Labute approximate surface area is 193 Å². The second-order valence-electron chi connectivity index (χ2n) is 7.54. The number of carbonyl (C=O) groups is 1. The first-order valence-electron chi connectivity index (χ1n) is 10.1. The van der Waals surface area contributed by atoms with E-state index in [1.54, 1.807) is 18.4 Å². The minimum absolute atomic E-state index is 0.00973. The smallest absolute Gasteiger partial charge is 0.263 e. The average Bonchev–Trinajstić information content (AvgIpc) is 3.46. The molecule has 0 aliphatic heterocycles. The summed E-state index contributed by atoms with van der Waals surface area (Å²) < 4.78 is 6.60. The number of rotatable bonds is 8. The SMILES string of the molecule is COc1ccc(C(CNC(=O)Cn2cnc3scc(-c4cccs4)c3c2=O)N(C)C)cc1. The van der Waals surface area contributed by atoms with E-state index in [4.69, 9.17) is 4.74 Å². The van der Waals surface area contributed by atoms with Crippen LogP contribution >= 0.6 is 22.7 Å². The number of carbonyl (C=O) groups excluding carboxylic acids is 1. The van der Waals surface area contributed by atoms with Crippen molar-refractivity contribution in [3.05, 3.63) is 69.4 Å². The normalized spacial score (nSPS) is 12.2. The Kier molecular flexibility index (Phi) is 6.69. The summed E-state index contributed by atoms with van der Waals surface area (Å²) in [5.74, 6) is 0.550. The summed E-state index contributed by atoms with van der Waals surface area (Å²) in [4.78, 5) is 33.9. The van der Waals surface area contributed by atoms with E-state index in [9.17, 15) is 9.59 Å². The van der Waals surface area contributed by atoms with Gasteiger partial charge in [0.15, 0.2) is 0 Å². The number of nitrogens with one attached hydrogen (secondary N) is 1. The highest BCUT2D eigenvalue weighted by molar-refractivity contribution is 7.18. The molecule has 4 rings (SSSR count). The third-order valence-electron chi connectivity index (χ3n) is 5.28. The van der Waals surface area contributed by atoms with Gasteiger partial charge in [-0.2, -0.15) is 0 Å². The van der Waals surface area contributed by atoms with Gasteiger partial charge in [0.1, 0.15) is 17.1 Å². The fourth-order valence-corrected chi connectivity index (χ4v) is 5.26. The van der Waals surface area contributed by atoms with Crippen molar-refractivity contribution in [3.63, 3.8) is 0 Å². The fourth-order valence-electron chi connectivity index (χ4n) is 3.54. The maximum Gasteiger partial charge on any atom is 0.263 e. The molecule has 9 heteroatoms. The number of thiophene rings is 2. The third kappa shape index (κ3) is 4.59. The number of hydrogen-bond acceptors (Lipinski definition) is 7. The zero-order chi connectivity index (χ0) is 22.7.